The number of morpholine rings is 1. The Morgan fingerprint density at radius 1 is 1.20 bits per heavy atom. The summed E-state index contributed by atoms with van der Waals surface area (Å²) in [6.45, 7) is 4.22. The van der Waals surface area contributed by atoms with Gasteiger partial charge in [-0.05, 0) is 24.3 Å². The average Bonchev–Trinajstić information content (AvgIpc) is 2.97. The third-order valence-corrected chi connectivity index (χ3v) is 3.29. The normalized spacial score (nSPS) is 15.9. The van der Waals surface area contributed by atoms with Crippen molar-refractivity contribution in [3.63, 3.8) is 0 Å². The molecule has 0 N–H and O–H groups in total. The van der Waals surface area contributed by atoms with E-state index in [2.05, 4.69) is 21.3 Å². The van der Waals surface area contributed by atoms with Gasteiger partial charge in [0.25, 0.3) is 0 Å². The van der Waals surface area contributed by atoms with Crippen LogP contribution in [0.5, 0.6) is 0 Å². The first-order chi connectivity index (χ1) is 9.85. The molecule has 0 spiro atoms. The Morgan fingerprint density at radius 3 is 2.65 bits per heavy atom. The van der Waals surface area contributed by atoms with Crippen LogP contribution in [0.4, 0.5) is 0 Å². The van der Waals surface area contributed by atoms with Crippen molar-refractivity contribution in [2.75, 3.05) is 26.3 Å². The minimum Gasteiger partial charge on any atom is -0.379 e. The van der Waals surface area contributed by atoms with Crippen LogP contribution < -0.4 is 0 Å². The molecule has 2 heterocycles. The average molecular weight is 269 g/mol. The van der Waals surface area contributed by atoms with Crippen molar-refractivity contribution in [1.29, 1.82) is 5.26 Å². The molecule has 0 saturated carbocycles. The minimum absolute atomic E-state index is 0.641. The first-order valence-electron chi connectivity index (χ1n) is 6.57. The number of hydrogen-bond acceptors (Lipinski definition) is 5. The summed E-state index contributed by atoms with van der Waals surface area (Å²) >= 11 is 0. The standard InChI is InChI=1S/C14H15N5O/c15-9-12-1-3-14(4-2-12)19-11-13(16-17-19)10-18-5-7-20-8-6-18/h1-4,11H,5-8,10H2. The quantitative estimate of drug-likeness (QED) is 0.830. The lowest BCUT2D eigenvalue weighted by Crippen LogP contribution is -2.35. The fraction of sp³-hybridized carbons (Fsp3) is 0.357. The molecule has 0 radical (unpaired) electrons. The molecule has 3 rings (SSSR count). The molecule has 6 heteroatoms. The molecule has 1 aliphatic heterocycles. The van der Waals surface area contributed by atoms with Crippen molar-refractivity contribution in [3.8, 4) is 11.8 Å². The van der Waals surface area contributed by atoms with E-state index in [9.17, 15) is 0 Å². The lowest BCUT2D eigenvalue weighted by atomic mass is 10.2. The van der Waals surface area contributed by atoms with Crippen LogP contribution in [0.1, 0.15) is 11.3 Å². The Bertz CT molecular complexity index is 607. The Labute approximate surface area is 117 Å². The van der Waals surface area contributed by atoms with Gasteiger partial charge in [-0.2, -0.15) is 5.26 Å². The predicted octanol–water partition coefficient (Wildman–Crippen LogP) is 0.971. The molecule has 0 unspecified atom stereocenters. The Balaban J connectivity index is 1.70. The third kappa shape index (κ3) is 2.85. The van der Waals surface area contributed by atoms with Gasteiger partial charge in [0.15, 0.2) is 0 Å². The zero-order valence-corrected chi connectivity index (χ0v) is 11.1. The SMILES string of the molecule is N#Cc1ccc(-n2cc(CN3CCOCC3)nn2)cc1. The molecule has 0 amide bonds. The highest BCUT2D eigenvalue weighted by molar-refractivity contribution is 5.38. The van der Waals surface area contributed by atoms with Crippen molar-refractivity contribution >= 4 is 0 Å². The molecule has 1 saturated heterocycles. The van der Waals surface area contributed by atoms with Gasteiger partial charge >= 0.3 is 0 Å². The largest absolute Gasteiger partial charge is 0.379 e. The van der Waals surface area contributed by atoms with Gasteiger partial charge in [-0.3, -0.25) is 4.90 Å². The summed E-state index contributed by atoms with van der Waals surface area (Å²) < 4.78 is 7.06. The molecule has 1 aromatic heterocycles. The maximum Gasteiger partial charge on any atom is 0.0991 e. The molecule has 0 atom stereocenters. The Kier molecular flexibility index (Phi) is 3.72. The number of aromatic nitrogens is 3. The van der Waals surface area contributed by atoms with Crippen LogP contribution in [0, 0.1) is 11.3 Å². The smallest absolute Gasteiger partial charge is 0.0991 e. The summed E-state index contributed by atoms with van der Waals surface area (Å²) in [6.07, 6.45) is 1.93. The van der Waals surface area contributed by atoms with Crippen LogP contribution in [0.25, 0.3) is 5.69 Å². The number of hydrogen-bond donors (Lipinski definition) is 0. The van der Waals surface area contributed by atoms with Crippen molar-refractivity contribution in [1.82, 2.24) is 19.9 Å². The molecular weight excluding hydrogens is 254 g/mol. The van der Waals surface area contributed by atoms with Crippen LogP contribution in [0.15, 0.2) is 30.5 Å². The summed E-state index contributed by atoms with van der Waals surface area (Å²) in [5.41, 5.74) is 2.49. The van der Waals surface area contributed by atoms with Crippen molar-refractivity contribution < 1.29 is 4.74 Å². The summed E-state index contributed by atoms with van der Waals surface area (Å²) in [5.74, 6) is 0. The van der Waals surface area contributed by atoms with Crippen LogP contribution in [0.2, 0.25) is 0 Å². The molecule has 6 nitrogen and oxygen atoms in total. The van der Waals surface area contributed by atoms with Crippen LogP contribution in [-0.4, -0.2) is 46.2 Å². The van der Waals surface area contributed by atoms with Gasteiger partial charge in [-0.15, -0.1) is 5.10 Å². The lowest BCUT2D eigenvalue weighted by molar-refractivity contribution is 0.0336. The van der Waals surface area contributed by atoms with E-state index >= 15 is 0 Å². The van der Waals surface area contributed by atoms with Crippen molar-refractivity contribution in [3.05, 3.63) is 41.7 Å². The van der Waals surface area contributed by atoms with Gasteiger partial charge < -0.3 is 4.74 Å². The summed E-state index contributed by atoms with van der Waals surface area (Å²) in [7, 11) is 0. The fourth-order valence-corrected chi connectivity index (χ4v) is 2.17. The molecule has 0 bridgehead atoms. The molecule has 1 aromatic carbocycles. The highest BCUT2D eigenvalue weighted by Gasteiger charge is 2.12. The highest BCUT2D eigenvalue weighted by atomic mass is 16.5. The van der Waals surface area contributed by atoms with Crippen LogP contribution in [0.3, 0.4) is 0 Å². The van der Waals surface area contributed by atoms with Gasteiger partial charge in [-0.25, -0.2) is 4.68 Å². The molecule has 20 heavy (non-hydrogen) atoms. The van der Waals surface area contributed by atoms with Gasteiger partial charge in [0.1, 0.15) is 0 Å². The number of nitriles is 1. The number of benzene rings is 1. The third-order valence-electron chi connectivity index (χ3n) is 3.29. The molecule has 102 valence electrons. The Morgan fingerprint density at radius 2 is 1.95 bits per heavy atom. The Hall–Kier alpha value is -2.23. The maximum absolute atomic E-state index is 8.78. The van der Waals surface area contributed by atoms with Gasteiger partial charge in [-0.1, -0.05) is 5.21 Å². The van der Waals surface area contributed by atoms with E-state index in [1.165, 1.54) is 0 Å². The fourth-order valence-electron chi connectivity index (χ4n) is 2.17. The van der Waals surface area contributed by atoms with E-state index in [1.54, 1.807) is 16.8 Å². The van der Waals surface area contributed by atoms with E-state index < -0.39 is 0 Å². The topological polar surface area (TPSA) is 67.0 Å². The zero-order chi connectivity index (χ0) is 13.8. The van der Waals surface area contributed by atoms with E-state index in [1.807, 2.05) is 18.3 Å². The summed E-state index contributed by atoms with van der Waals surface area (Å²) in [5, 5.41) is 17.1. The summed E-state index contributed by atoms with van der Waals surface area (Å²) in [4.78, 5) is 2.30. The van der Waals surface area contributed by atoms with E-state index in [4.69, 9.17) is 10.00 Å². The predicted molar refractivity (Wildman–Crippen MR) is 72.2 cm³/mol. The second-order valence-corrected chi connectivity index (χ2v) is 4.70. The zero-order valence-electron chi connectivity index (χ0n) is 11.1. The first-order valence-corrected chi connectivity index (χ1v) is 6.57. The van der Waals surface area contributed by atoms with E-state index in [0.29, 0.717) is 5.56 Å². The second-order valence-electron chi connectivity index (χ2n) is 4.70. The van der Waals surface area contributed by atoms with Crippen LogP contribution in [-0.2, 0) is 11.3 Å². The number of ether oxygens (including phenoxy) is 1. The van der Waals surface area contributed by atoms with E-state index in [0.717, 1.165) is 44.2 Å². The highest BCUT2D eigenvalue weighted by Crippen LogP contribution is 2.10. The minimum atomic E-state index is 0.641. The number of nitrogens with zero attached hydrogens (tertiary/aromatic N) is 5. The molecule has 1 fully saturated rings. The maximum atomic E-state index is 8.78. The molecule has 0 aliphatic carbocycles. The van der Waals surface area contributed by atoms with E-state index in [-0.39, 0.29) is 0 Å². The molecule has 1 aliphatic rings. The van der Waals surface area contributed by atoms with Gasteiger partial charge in [0.05, 0.1) is 42.4 Å². The monoisotopic (exact) mass is 269 g/mol. The number of rotatable bonds is 3. The summed E-state index contributed by atoms with van der Waals surface area (Å²) in [6, 6.07) is 9.39. The van der Waals surface area contributed by atoms with Crippen molar-refractivity contribution in [2.45, 2.75) is 6.54 Å². The second kappa shape index (κ2) is 5.82. The molecule has 2 aromatic rings. The van der Waals surface area contributed by atoms with Crippen LogP contribution >= 0.6 is 0 Å². The lowest BCUT2D eigenvalue weighted by Gasteiger charge is -2.25. The van der Waals surface area contributed by atoms with Gasteiger partial charge in [0, 0.05) is 19.6 Å². The van der Waals surface area contributed by atoms with Gasteiger partial charge in [0.2, 0.25) is 0 Å². The first kappa shape index (κ1) is 12.8. The molecular formula is C14H15N5O. The van der Waals surface area contributed by atoms with Crippen molar-refractivity contribution in [2.24, 2.45) is 0 Å².